The van der Waals surface area contributed by atoms with E-state index < -0.39 is 15.9 Å². The number of hydroxylamine groups is 1. The minimum Gasteiger partial charge on any atom is -0.288 e. The van der Waals surface area contributed by atoms with E-state index in [-0.39, 0.29) is 17.1 Å². The van der Waals surface area contributed by atoms with Gasteiger partial charge in [-0.15, -0.1) is 0 Å². The normalized spacial score (nSPS) is 11.0. The number of pyridine rings is 1. The first-order chi connectivity index (χ1) is 10.4. The van der Waals surface area contributed by atoms with Gasteiger partial charge in [0.15, 0.2) is 0 Å². The second-order valence-corrected chi connectivity index (χ2v) is 6.44. The van der Waals surface area contributed by atoms with E-state index in [1.165, 1.54) is 23.8 Å². The van der Waals surface area contributed by atoms with Gasteiger partial charge in [-0.05, 0) is 24.6 Å². The number of aryl methyl sites for hydroxylation is 1. The summed E-state index contributed by atoms with van der Waals surface area (Å²) in [5.74, 6) is -1.00. The molecule has 0 saturated carbocycles. The number of sulfonamides is 1. The van der Waals surface area contributed by atoms with Crippen LogP contribution in [0.5, 0.6) is 0 Å². The van der Waals surface area contributed by atoms with E-state index in [0.29, 0.717) is 5.56 Å². The van der Waals surface area contributed by atoms with Crippen LogP contribution in [0.1, 0.15) is 21.6 Å². The molecule has 0 aliphatic carbocycles. The molecule has 22 heavy (non-hydrogen) atoms. The number of rotatable bonds is 5. The molecule has 0 unspecified atom stereocenters. The second-order valence-electron chi connectivity index (χ2n) is 4.72. The summed E-state index contributed by atoms with van der Waals surface area (Å²) < 4.78 is 26.7. The maximum Gasteiger partial charge on any atom is 0.293 e. The number of benzene rings is 1. The topological polar surface area (TPSA) is 108 Å². The summed E-state index contributed by atoms with van der Waals surface area (Å²) in [6.45, 7) is 1.88. The Bertz CT molecular complexity index is 790. The van der Waals surface area contributed by atoms with E-state index in [1.54, 1.807) is 18.2 Å². The first kappa shape index (κ1) is 15.9. The van der Waals surface area contributed by atoms with Crippen molar-refractivity contribution in [2.75, 3.05) is 4.72 Å². The Morgan fingerprint density at radius 3 is 2.73 bits per heavy atom. The fourth-order valence-corrected chi connectivity index (χ4v) is 3.09. The number of carbonyl (C=O) groups is 1. The monoisotopic (exact) mass is 321 g/mol. The lowest BCUT2D eigenvalue weighted by molar-refractivity contribution is 0.0701. The van der Waals surface area contributed by atoms with Gasteiger partial charge >= 0.3 is 0 Å². The number of nitrogens with zero attached hydrogens (tertiary/aromatic N) is 1. The van der Waals surface area contributed by atoms with Crippen molar-refractivity contribution >= 4 is 21.6 Å². The number of carbonyl (C=O) groups excluding carboxylic acids is 1. The highest BCUT2D eigenvalue weighted by molar-refractivity contribution is 7.91. The molecular formula is C14H15N3O4S. The van der Waals surface area contributed by atoms with Crippen LogP contribution in [0, 0.1) is 6.92 Å². The van der Waals surface area contributed by atoms with Crippen LogP contribution >= 0.6 is 0 Å². The Balaban J connectivity index is 2.17. The van der Waals surface area contributed by atoms with E-state index in [4.69, 9.17) is 5.21 Å². The number of amides is 1. The zero-order valence-electron chi connectivity index (χ0n) is 11.8. The van der Waals surface area contributed by atoms with Crippen molar-refractivity contribution in [3.63, 3.8) is 0 Å². The van der Waals surface area contributed by atoms with Gasteiger partial charge in [-0.1, -0.05) is 29.8 Å². The van der Waals surface area contributed by atoms with E-state index in [0.717, 1.165) is 5.56 Å². The van der Waals surface area contributed by atoms with Crippen LogP contribution in [-0.2, 0) is 15.8 Å². The van der Waals surface area contributed by atoms with Gasteiger partial charge in [0, 0.05) is 6.20 Å². The Kier molecular flexibility index (Phi) is 4.74. The molecule has 0 aliphatic rings. The molecule has 1 heterocycles. The van der Waals surface area contributed by atoms with Gasteiger partial charge in [-0.3, -0.25) is 19.7 Å². The summed E-state index contributed by atoms with van der Waals surface area (Å²) >= 11 is 0. The molecule has 1 aromatic carbocycles. The highest BCUT2D eigenvalue weighted by Crippen LogP contribution is 2.14. The average Bonchev–Trinajstić information content (AvgIpc) is 2.45. The molecule has 1 amide bonds. The Labute approximate surface area is 128 Å². The Morgan fingerprint density at radius 1 is 1.27 bits per heavy atom. The summed E-state index contributed by atoms with van der Waals surface area (Å²) in [5, 5.41) is 8.55. The fraction of sp³-hybridized carbons (Fsp3) is 0.143. The third-order valence-electron chi connectivity index (χ3n) is 2.81. The molecule has 1 aromatic heterocycles. The fourth-order valence-electron chi connectivity index (χ4n) is 1.91. The van der Waals surface area contributed by atoms with Crippen molar-refractivity contribution in [2.24, 2.45) is 0 Å². The van der Waals surface area contributed by atoms with Gasteiger partial charge in [-0.25, -0.2) is 13.9 Å². The van der Waals surface area contributed by atoms with E-state index in [2.05, 4.69) is 9.71 Å². The van der Waals surface area contributed by atoms with E-state index in [9.17, 15) is 13.2 Å². The lowest BCUT2D eigenvalue weighted by Crippen LogP contribution is -2.21. The number of anilines is 1. The summed E-state index contributed by atoms with van der Waals surface area (Å²) in [4.78, 5) is 15.0. The van der Waals surface area contributed by atoms with Gasteiger partial charge in [0.2, 0.25) is 10.0 Å². The molecule has 0 saturated heterocycles. The van der Waals surface area contributed by atoms with Crippen LogP contribution < -0.4 is 10.2 Å². The molecule has 0 spiro atoms. The van der Waals surface area contributed by atoms with E-state index in [1.807, 2.05) is 13.0 Å². The Hall–Kier alpha value is -2.45. The van der Waals surface area contributed by atoms with Crippen LogP contribution in [0.3, 0.4) is 0 Å². The molecule has 0 fully saturated rings. The minimum absolute atomic E-state index is 0.0988. The smallest absolute Gasteiger partial charge is 0.288 e. The van der Waals surface area contributed by atoms with Gasteiger partial charge in [-0.2, -0.15) is 0 Å². The van der Waals surface area contributed by atoms with Gasteiger partial charge in [0.25, 0.3) is 5.91 Å². The van der Waals surface area contributed by atoms with Crippen LogP contribution in [-0.4, -0.2) is 24.5 Å². The lowest BCUT2D eigenvalue weighted by atomic mass is 10.2. The SMILES string of the molecule is Cc1cccc(CS(=O)(=O)Nc2ccnc(C(=O)NO)c2)c1. The zero-order valence-corrected chi connectivity index (χ0v) is 12.6. The van der Waals surface area contributed by atoms with Crippen LogP contribution in [0.4, 0.5) is 5.69 Å². The highest BCUT2D eigenvalue weighted by atomic mass is 32.2. The molecule has 0 atom stereocenters. The highest BCUT2D eigenvalue weighted by Gasteiger charge is 2.14. The molecule has 3 N–H and O–H groups in total. The largest absolute Gasteiger partial charge is 0.293 e. The summed E-state index contributed by atoms with van der Waals surface area (Å²) in [6.07, 6.45) is 1.27. The first-order valence-electron chi connectivity index (χ1n) is 6.36. The molecule has 0 bridgehead atoms. The maximum absolute atomic E-state index is 12.1. The first-order valence-corrected chi connectivity index (χ1v) is 8.01. The van der Waals surface area contributed by atoms with Crippen molar-refractivity contribution in [2.45, 2.75) is 12.7 Å². The molecular weight excluding hydrogens is 306 g/mol. The maximum atomic E-state index is 12.1. The molecule has 7 nitrogen and oxygen atoms in total. The van der Waals surface area contributed by atoms with E-state index >= 15 is 0 Å². The number of nitrogens with one attached hydrogen (secondary N) is 2. The summed E-state index contributed by atoms with van der Waals surface area (Å²) in [5.41, 5.74) is 3.17. The second kappa shape index (κ2) is 6.54. The minimum atomic E-state index is -3.63. The van der Waals surface area contributed by atoms with Crippen molar-refractivity contribution in [1.29, 1.82) is 0 Å². The molecule has 116 valence electrons. The zero-order chi connectivity index (χ0) is 16.2. The predicted octanol–water partition coefficient (Wildman–Crippen LogP) is 1.45. The molecule has 0 radical (unpaired) electrons. The van der Waals surface area contributed by atoms with Crippen molar-refractivity contribution in [1.82, 2.24) is 10.5 Å². The standard InChI is InChI=1S/C14H15N3O4S/c1-10-3-2-4-11(7-10)9-22(20,21)17-12-5-6-15-13(8-12)14(18)16-19/h2-8,19H,9H2,1H3,(H,15,17)(H,16,18). The van der Waals surface area contributed by atoms with Crippen LogP contribution in [0.25, 0.3) is 0 Å². The average molecular weight is 321 g/mol. The summed E-state index contributed by atoms with van der Waals surface area (Å²) in [6, 6.07) is 9.84. The van der Waals surface area contributed by atoms with Crippen LogP contribution in [0.2, 0.25) is 0 Å². The molecule has 0 aliphatic heterocycles. The van der Waals surface area contributed by atoms with Crippen molar-refractivity contribution < 1.29 is 18.4 Å². The number of hydrogen-bond acceptors (Lipinski definition) is 5. The quantitative estimate of drug-likeness (QED) is 0.570. The number of aromatic nitrogens is 1. The van der Waals surface area contributed by atoms with Crippen molar-refractivity contribution in [3.8, 4) is 0 Å². The van der Waals surface area contributed by atoms with Gasteiger partial charge < -0.3 is 0 Å². The molecule has 2 rings (SSSR count). The van der Waals surface area contributed by atoms with Gasteiger partial charge in [0.05, 0.1) is 11.4 Å². The lowest BCUT2D eigenvalue weighted by Gasteiger charge is -2.09. The van der Waals surface area contributed by atoms with Crippen molar-refractivity contribution in [3.05, 3.63) is 59.4 Å². The molecule has 2 aromatic rings. The van der Waals surface area contributed by atoms with Gasteiger partial charge in [0.1, 0.15) is 5.69 Å². The third-order valence-corrected chi connectivity index (χ3v) is 4.07. The number of hydrogen-bond donors (Lipinski definition) is 3. The third kappa shape index (κ3) is 4.27. The Morgan fingerprint density at radius 2 is 2.05 bits per heavy atom. The predicted molar refractivity (Wildman–Crippen MR) is 80.9 cm³/mol. The molecule has 8 heteroatoms. The van der Waals surface area contributed by atoms with Crippen LogP contribution in [0.15, 0.2) is 42.6 Å². The summed E-state index contributed by atoms with van der Waals surface area (Å²) in [7, 11) is -3.63.